The quantitative estimate of drug-likeness (QED) is 0.641. The summed E-state index contributed by atoms with van der Waals surface area (Å²) in [5.41, 5.74) is 0.698. The van der Waals surface area contributed by atoms with Gasteiger partial charge < -0.3 is 4.74 Å². The number of Topliss-reactive ketones (excluding diaryl/α,β-unsaturated/α-hetero) is 1. The van der Waals surface area contributed by atoms with Gasteiger partial charge in [-0.05, 0) is 32.4 Å². The third-order valence-corrected chi connectivity index (χ3v) is 3.68. The molecule has 2 atom stereocenters. The van der Waals surface area contributed by atoms with E-state index in [9.17, 15) is 4.79 Å². The molecule has 0 radical (unpaired) electrons. The van der Waals surface area contributed by atoms with Crippen LogP contribution in [-0.4, -0.2) is 43.0 Å². The molecule has 2 unspecified atom stereocenters. The van der Waals surface area contributed by atoms with Crippen LogP contribution in [0.15, 0.2) is 12.2 Å². The van der Waals surface area contributed by atoms with Crippen LogP contribution in [0, 0.1) is 5.92 Å². The van der Waals surface area contributed by atoms with E-state index in [0.717, 1.165) is 26.1 Å². The molecule has 0 aromatic heterocycles. The van der Waals surface area contributed by atoms with Crippen LogP contribution < -0.4 is 0 Å². The fourth-order valence-electron chi connectivity index (χ4n) is 2.66. The van der Waals surface area contributed by atoms with Crippen LogP contribution in [0.2, 0.25) is 0 Å². The molecule has 2 aliphatic heterocycles. The first kappa shape index (κ1) is 10.8. The Morgan fingerprint density at radius 2 is 1.87 bits per heavy atom. The lowest BCUT2D eigenvalue weighted by Crippen LogP contribution is -2.55. The third-order valence-electron chi connectivity index (χ3n) is 3.68. The lowest BCUT2D eigenvalue weighted by Gasteiger charge is -2.46. The summed E-state index contributed by atoms with van der Waals surface area (Å²) in [5.74, 6) is 0.428. The summed E-state index contributed by atoms with van der Waals surface area (Å²) in [6.07, 6.45) is 1.86. The smallest absolute Gasteiger partial charge is 0.161 e. The molecule has 0 spiro atoms. The van der Waals surface area contributed by atoms with Crippen molar-refractivity contribution >= 4 is 5.78 Å². The Morgan fingerprint density at radius 1 is 1.33 bits per heavy atom. The fraction of sp³-hybridized carbons (Fsp3) is 0.750. The zero-order chi connectivity index (χ0) is 11.0. The number of rotatable bonds is 2. The van der Waals surface area contributed by atoms with Crippen molar-refractivity contribution in [2.45, 2.75) is 31.8 Å². The van der Waals surface area contributed by atoms with Crippen molar-refractivity contribution < 1.29 is 9.53 Å². The number of carbonyl (C=O) groups excluding carboxylic acids is 1. The molecule has 2 heterocycles. The monoisotopic (exact) mass is 209 g/mol. The van der Waals surface area contributed by atoms with Gasteiger partial charge in [0.2, 0.25) is 0 Å². The maximum Gasteiger partial charge on any atom is 0.161 e. The minimum atomic E-state index is 0.178. The van der Waals surface area contributed by atoms with Crippen LogP contribution in [-0.2, 0) is 9.53 Å². The van der Waals surface area contributed by atoms with Gasteiger partial charge in [0.1, 0.15) is 0 Å². The number of fused-ring (bicyclic) bond motifs is 2. The molecule has 0 saturated carbocycles. The molecule has 3 nitrogen and oxygen atoms in total. The zero-order valence-electron chi connectivity index (χ0n) is 9.53. The van der Waals surface area contributed by atoms with Crippen molar-refractivity contribution in [1.29, 1.82) is 0 Å². The van der Waals surface area contributed by atoms with Gasteiger partial charge in [-0.1, -0.05) is 6.58 Å². The van der Waals surface area contributed by atoms with Gasteiger partial charge in [0.05, 0.1) is 13.2 Å². The lowest BCUT2D eigenvalue weighted by molar-refractivity contribution is -0.127. The third kappa shape index (κ3) is 1.99. The summed E-state index contributed by atoms with van der Waals surface area (Å²) in [6.45, 7) is 7.10. The van der Waals surface area contributed by atoms with E-state index in [1.165, 1.54) is 0 Å². The van der Waals surface area contributed by atoms with E-state index in [0.29, 0.717) is 17.7 Å². The predicted octanol–water partition coefficient (Wildman–Crippen LogP) is 1.24. The van der Waals surface area contributed by atoms with Gasteiger partial charge in [-0.2, -0.15) is 0 Å². The predicted molar refractivity (Wildman–Crippen MR) is 58.7 cm³/mol. The highest BCUT2D eigenvalue weighted by Gasteiger charge is 2.39. The van der Waals surface area contributed by atoms with Gasteiger partial charge in [-0.3, -0.25) is 9.69 Å². The maximum atomic E-state index is 11.9. The minimum Gasteiger partial charge on any atom is -0.378 e. The molecule has 0 aromatic carbocycles. The normalized spacial score (nSPS) is 36.3. The number of allylic oxidation sites excluding steroid dienone is 1. The average Bonchev–Trinajstić information content (AvgIpc) is 2.16. The molecule has 15 heavy (non-hydrogen) atoms. The van der Waals surface area contributed by atoms with Crippen LogP contribution in [0.3, 0.4) is 0 Å². The first-order chi connectivity index (χ1) is 7.09. The summed E-state index contributed by atoms with van der Waals surface area (Å²) in [4.78, 5) is 14.2. The summed E-state index contributed by atoms with van der Waals surface area (Å²) >= 11 is 0. The maximum absolute atomic E-state index is 11.9. The van der Waals surface area contributed by atoms with Crippen molar-refractivity contribution in [2.75, 3.05) is 20.3 Å². The summed E-state index contributed by atoms with van der Waals surface area (Å²) < 4.78 is 5.52. The van der Waals surface area contributed by atoms with Crippen LogP contribution in [0.4, 0.5) is 0 Å². The Hall–Kier alpha value is -0.670. The highest BCUT2D eigenvalue weighted by Crippen LogP contribution is 2.31. The highest BCUT2D eigenvalue weighted by atomic mass is 16.5. The first-order valence-electron chi connectivity index (χ1n) is 5.59. The van der Waals surface area contributed by atoms with Crippen molar-refractivity contribution in [3.63, 3.8) is 0 Å². The van der Waals surface area contributed by atoms with Gasteiger partial charge in [0, 0.05) is 18.0 Å². The van der Waals surface area contributed by atoms with Crippen molar-refractivity contribution in [3.8, 4) is 0 Å². The lowest BCUT2D eigenvalue weighted by atomic mass is 9.81. The second-order valence-electron chi connectivity index (χ2n) is 4.82. The molecule has 0 aliphatic carbocycles. The van der Waals surface area contributed by atoms with E-state index in [1.54, 1.807) is 0 Å². The van der Waals surface area contributed by atoms with Crippen molar-refractivity contribution in [3.05, 3.63) is 12.2 Å². The SMILES string of the molecule is C=C(C)C(=O)C1CC2COCC(C1)N2C. The summed E-state index contributed by atoms with van der Waals surface area (Å²) in [5, 5.41) is 0. The molecule has 0 amide bonds. The second-order valence-corrected chi connectivity index (χ2v) is 4.82. The van der Waals surface area contributed by atoms with Crippen LogP contribution in [0.25, 0.3) is 0 Å². The van der Waals surface area contributed by atoms with Gasteiger partial charge in [-0.25, -0.2) is 0 Å². The van der Waals surface area contributed by atoms with E-state index in [4.69, 9.17) is 4.74 Å². The Bertz CT molecular complexity index is 273. The molecule has 2 aliphatic rings. The number of morpholine rings is 1. The topological polar surface area (TPSA) is 29.5 Å². The largest absolute Gasteiger partial charge is 0.378 e. The number of carbonyl (C=O) groups is 1. The van der Waals surface area contributed by atoms with E-state index < -0.39 is 0 Å². The summed E-state index contributed by atoms with van der Waals surface area (Å²) in [7, 11) is 2.14. The second kappa shape index (κ2) is 4.06. The Balaban J connectivity index is 2.07. The molecular formula is C12H19NO2. The number of ketones is 1. The first-order valence-corrected chi connectivity index (χ1v) is 5.59. The van der Waals surface area contributed by atoms with Gasteiger partial charge in [-0.15, -0.1) is 0 Å². The molecule has 0 N–H and O–H groups in total. The summed E-state index contributed by atoms with van der Waals surface area (Å²) in [6, 6.07) is 0.844. The number of likely N-dealkylation sites (N-methyl/N-ethyl adjacent to an activating group) is 1. The van der Waals surface area contributed by atoms with E-state index in [2.05, 4.69) is 18.5 Å². The molecule has 2 rings (SSSR count). The molecule has 3 heteroatoms. The van der Waals surface area contributed by atoms with Gasteiger partial charge in [0.25, 0.3) is 0 Å². The molecular weight excluding hydrogens is 190 g/mol. The number of ether oxygens (including phenoxy) is 1. The standard InChI is InChI=1S/C12H19NO2/c1-8(2)12(14)9-4-10-6-15-7-11(5-9)13(10)3/h9-11H,1,4-7H2,2-3H3. The van der Waals surface area contributed by atoms with E-state index >= 15 is 0 Å². The Morgan fingerprint density at radius 3 is 2.33 bits per heavy atom. The van der Waals surface area contributed by atoms with Crippen LogP contribution >= 0.6 is 0 Å². The average molecular weight is 209 g/mol. The number of hydrogen-bond donors (Lipinski definition) is 0. The fourth-order valence-corrected chi connectivity index (χ4v) is 2.66. The number of nitrogens with zero attached hydrogens (tertiary/aromatic N) is 1. The number of hydrogen-bond acceptors (Lipinski definition) is 3. The van der Waals surface area contributed by atoms with Crippen molar-refractivity contribution in [2.24, 2.45) is 5.92 Å². The van der Waals surface area contributed by atoms with Crippen LogP contribution in [0.1, 0.15) is 19.8 Å². The van der Waals surface area contributed by atoms with Crippen LogP contribution in [0.5, 0.6) is 0 Å². The zero-order valence-corrected chi connectivity index (χ0v) is 9.53. The molecule has 2 bridgehead atoms. The van der Waals surface area contributed by atoms with Gasteiger partial charge >= 0.3 is 0 Å². The molecule has 2 fully saturated rings. The Kier molecular flexibility index (Phi) is 2.94. The number of piperidine rings is 1. The molecule has 2 saturated heterocycles. The molecule has 0 aromatic rings. The molecule has 84 valence electrons. The van der Waals surface area contributed by atoms with E-state index in [-0.39, 0.29) is 11.7 Å². The Labute approximate surface area is 91.1 Å². The minimum absolute atomic E-state index is 0.178. The van der Waals surface area contributed by atoms with Crippen molar-refractivity contribution in [1.82, 2.24) is 4.90 Å². The highest BCUT2D eigenvalue weighted by molar-refractivity contribution is 5.96. The van der Waals surface area contributed by atoms with Gasteiger partial charge in [0.15, 0.2) is 5.78 Å². The van der Waals surface area contributed by atoms with E-state index in [1.807, 2.05) is 6.92 Å².